The number of aliphatic hydroxyl groups excluding tert-OH is 1. The first-order chi connectivity index (χ1) is 13.6. The molecule has 0 bridgehead atoms. The fourth-order valence-electron chi connectivity index (χ4n) is 3.04. The van der Waals surface area contributed by atoms with Crippen molar-refractivity contribution in [2.24, 2.45) is 0 Å². The molecule has 0 aliphatic heterocycles. The molecule has 0 radical (unpaired) electrons. The zero-order valence-electron chi connectivity index (χ0n) is 15.2. The Morgan fingerprint density at radius 1 is 0.929 bits per heavy atom. The second-order valence-electron chi connectivity index (χ2n) is 6.29. The van der Waals surface area contributed by atoms with Gasteiger partial charge in [0.2, 0.25) is 0 Å². The maximum Gasteiger partial charge on any atom is 0.293 e. The van der Waals surface area contributed by atoms with Crippen molar-refractivity contribution >= 4 is 17.2 Å². The molecule has 3 aromatic carbocycles. The van der Waals surface area contributed by atoms with Gasteiger partial charge in [-0.25, -0.2) is 0 Å². The minimum absolute atomic E-state index is 0.144. The maximum absolute atomic E-state index is 12.6. The summed E-state index contributed by atoms with van der Waals surface area (Å²) in [7, 11) is 0. The second-order valence-corrected chi connectivity index (χ2v) is 6.29. The number of ketones is 1. The van der Waals surface area contributed by atoms with E-state index < -0.39 is 4.92 Å². The lowest BCUT2D eigenvalue weighted by Crippen LogP contribution is -2.27. The fraction of sp³-hybridized carbons (Fsp3) is 0.136. The molecule has 142 valence electrons. The number of carbonyl (C=O) groups is 1. The Balaban J connectivity index is 1.97. The van der Waals surface area contributed by atoms with E-state index in [9.17, 15) is 20.0 Å². The Bertz CT molecular complexity index is 959. The third-order valence-electron chi connectivity index (χ3n) is 4.40. The molecule has 0 fully saturated rings. The summed E-state index contributed by atoms with van der Waals surface area (Å²) >= 11 is 0. The van der Waals surface area contributed by atoms with Crippen LogP contribution in [0.1, 0.15) is 21.5 Å². The second kappa shape index (κ2) is 8.92. The van der Waals surface area contributed by atoms with Gasteiger partial charge >= 0.3 is 0 Å². The maximum atomic E-state index is 12.6. The number of anilines is 1. The smallest absolute Gasteiger partial charge is 0.293 e. The molecular weight excluding hydrogens is 356 g/mol. The van der Waals surface area contributed by atoms with E-state index in [4.69, 9.17) is 0 Å². The highest BCUT2D eigenvalue weighted by atomic mass is 16.6. The number of nitrogens with zero attached hydrogens (tertiary/aromatic N) is 2. The fourth-order valence-corrected chi connectivity index (χ4v) is 3.04. The predicted octanol–water partition coefficient (Wildman–Crippen LogP) is 3.82. The minimum Gasteiger partial charge on any atom is -0.395 e. The van der Waals surface area contributed by atoms with E-state index in [0.29, 0.717) is 17.8 Å². The number of hydrogen-bond donors (Lipinski definition) is 1. The summed E-state index contributed by atoms with van der Waals surface area (Å²) in [4.78, 5) is 25.6. The van der Waals surface area contributed by atoms with Crippen LogP contribution in [0.25, 0.3) is 0 Å². The van der Waals surface area contributed by atoms with E-state index in [2.05, 4.69) is 0 Å². The van der Waals surface area contributed by atoms with Gasteiger partial charge in [0, 0.05) is 30.3 Å². The minimum atomic E-state index is -0.494. The molecule has 6 nitrogen and oxygen atoms in total. The summed E-state index contributed by atoms with van der Waals surface area (Å²) in [5, 5.41) is 21.1. The number of carbonyl (C=O) groups excluding carboxylic acids is 1. The van der Waals surface area contributed by atoms with Gasteiger partial charge in [-0.2, -0.15) is 0 Å². The molecule has 1 N–H and O–H groups in total. The Morgan fingerprint density at radius 2 is 1.57 bits per heavy atom. The van der Waals surface area contributed by atoms with E-state index in [0.717, 1.165) is 5.56 Å². The average molecular weight is 376 g/mol. The highest BCUT2D eigenvalue weighted by Crippen LogP contribution is 2.31. The van der Waals surface area contributed by atoms with Crippen molar-refractivity contribution in [3.63, 3.8) is 0 Å². The van der Waals surface area contributed by atoms with E-state index in [1.807, 2.05) is 30.3 Å². The van der Waals surface area contributed by atoms with Gasteiger partial charge in [0.05, 0.1) is 11.5 Å². The van der Waals surface area contributed by atoms with Crippen LogP contribution in [-0.4, -0.2) is 29.0 Å². The number of benzene rings is 3. The van der Waals surface area contributed by atoms with E-state index in [1.165, 1.54) is 6.07 Å². The van der Waals surface area contributed by atoms with Crippen LogP contribution in [0, 0.1) is 10.1 Å². The first-order valence-corrected chi connectivity index (χ1v) is 8.88. The van der Waals surface area contributed by atoms with Crippen LogP contribution in [0.5, 0.6) is 0 Å². The standard InChI is InChI=1S/C22H20N2O4/c25-14-13-23(16-17-7-3-1-4-8-17)20-12-11-19(15-21(20)24(27)28)22(26)18-9-5-2-6-10-18/h1-12,15,25H,13-14,16H2. The van der Waals surface area contributed by atoms with Crippen LogP contribution in [0.15, 0.2) is 78.9 Å². The molecule has 0 heterocycles. The van der Waals surface area contributed by atoms with Crippen molar-refractivity contribution in [2.75, 3.05) is 18.1 Å². The van der Waals surface area contributed by atoms with Crippen LogP contribution >= 0.6 is 0 Å². The van der Waals surface area contributed by atoms with Crippen molar-refractivity contribution in [3.8, 4) is 0 Å². The summed E-state index contributed by atoms with van der Waals surface area (Å²) in [5.41, 5.74) is 1.90. The third kappa shape index (κ3) is 4.42. The molecule has 0 atom stereocenters. The number of nitro groups is 1. The molecule has 3 aromatic rings. The molecular formula is C22H20N2O4. The van der Waals surface area contributed by atoms with Gasteiger partial charge in [0.15, 0.2) is 5.78 Å². The zero-order chi connectivity index (χ0) is 19.9. The highest BCUT2D eigenvalue weighted by Gasteiger charge is 2.22. The number of hydrogen-bond acceptors (Lipinski definition) is 5. The van der Waals surface area contributed by atoms with E-state index >= 15 is 0 Å². The number of nitro benzene ring substituents is 1. The van der Waals surface area contributed by atoms with Crippen molar-refractivity contribution < 1.29 is 14.8 Å². The Labute approximate surface area is 162 Å². The molecule has 6 heteroatoms. The summed E-state index contributed by atoms with van der Waals surface area (Å²) < 4.78 is 0. The monoisotopic (exact) mass is 376 g/mol. The molecule has 0 aliphatic rings. The number of rotatable bonds is 8. The average Bonchev–Trinajstić information content (AvgIpc) is 2.74. The van der Waals surface area contributed by atoms with Gasteiger partial charge < -0.3 is 10.0 Å². The molecule has 0 saturated carbocycles. The Hall–Kier alpha value is -3.51. The molecule has 0 aromatic heterocycles. The highest BCUT2D eigenvalue weighted by molar-refractivity contribution is 6.09. The van der Waals surface area contributed by atoms with Crippen LogP contribution in [-0.2, 0) is 6.54 Å². The summed E-state index contributed by atoms with van der Waals surface area (Å²) in [6, 6.07) is 22.6. The Morgan fingerprint density at radius 3 is 2.18 bits per heavy atom. The van der Waals surface area contributed by atoms with Crippen molar-refractivity contribution in [2.45, 2.75) is 6.54 Å². The van der Waals surface area contributed by atoms with Crippen molar-refractivity contribution in [1.82, 2.24) is 0 Å². The molecule has 0 spiro atoms. The van der Waals surface area contributed by atoms with Crippen LogP contribution in [0.4, 0.5) is 11.4 Å². The van der Waals surface area contributed by atoms with Gasteiger partial charge in [-0.1, -0.05) is 60.7 Å². The topological polar surface area (TPSA) is 83.7 Å². The largest absolute Gasteiger partial charge is 0.395 e. The SMILES string of the molecule is O=C(c1ccccc1)c1ccc(N(CCO)Cc2ccccc2)c([N+](=O)[O-])c1. The first kappa shape index (κ1) is 19.3. The van der Waals surface area contributed by atoms with E-state index in [1.54, 1.807) is 47.4 Å². The molecule has 28 heavy (non-hydrogen) atoms. The summed E-state index contributed by atoms with van der Waals surface area (Å²) in [6.45, 7) is 0.505. The van der Waals surface area contributed by atoms with Gasteiger partial charge in [-0.15, -0.1) is 0 Å². The molecule has 0 saturated heterocycles. The molecule has 0 aliphatic carbocycles. The molecule has 3 rings (SSSR count). The predicted molar refractivity (Wildman–Crippen MR) is 108 cm³/mol. The first-order valence-electron chi connectivity index (χ1n) is 8.88. The normalized spacial score (nSPS) is 10.5. The lowest BCUT2D eigenvalue weighted by atomic mass is 10.0. The van der Waals surface area contributed by atoms with Crippen molar-refractivity contribution in [3.05, 3.63) is 106 Å². The van der Waals surface area contributed by atoms with Gasteiger partial charge in [-0.3, -0.25) is 14.9 Å². The van der Waals surface area contributed by atoms with Gasteiger partial charge in [-0.05, 0) is 17.7 Å². The van der Waals surface area contributed by atoms with E-state index in [-0.39, 0.29) is 30.2 Å². The summed E-state index contributed by atoms with van der Waals surface area (Å²) in [6.07, 6.45) is 0. The van der Waals surface area contributed by atoms with Crippen LogP contribution in [0.2, 0.25) is 0 Å². The zero-order valence-corrected chi connectivity index (χ0v) is 15.2. The quantitative estimate of drug-likeness (QED) is 0.367. The van der Waals surface area contributed by atoms with Gasteiger partial charge in [0.25, 0.3) is 5.69 Å². The Kier molecular flexibility index (Phi) is 6.14. The molecule has 0 amide bonds. The summed E-state index contributed by atoms with van der Waals surface area (Å²) in [5.74, 6) is -0.271. The molecule has 0 unspecified atom stereocenters. The van der Waals surface area contributed by atoms with Gasteiger partial charge in [0.1, 0.15) is 5.69 Å². The van der Waals surface area contributed by atoms with Crippen LogP contribution in [0.3, 0.4) is 0 Å². The lowest BCUT2D eigenvalue weighted by Gasteiger charge is -2.24. The third-order valence-corrected chi connectivity index (χ3v) is 4.40. The lowest BCUT2D eigenvalue weighted by molar-refractivity contribution is -0.384. The van der Waals surface area contributed by atoms with Crippen LogP contribution < -0.4 is 4.90 Å². The van der Waals surface area contributed by atoms with Crippen molar-refractivity contribution in [1.29, 1.82) is 0 Å². The number of aliphatic hydroxyl groups is 1.